The number of hydrogen-bond donors (Lipinski definition) is 1. The van der Waals surface area contributed by atoms with Crippen LogP contribution in [0.3, 0.4) is 0 Å². The summed E-state index contributed by atoms with van der Waals surface area (Å²) in [5, 5.41) is 3.27. The lowest BCUT2D eigenvalue weighted by Gasteiger charge is -2.48. The Hall–Kier alpha value is -1.60. The van der Waals surface area contributed by atoms with Crippen LogP contribution in [0, 0.1) is 0 Å². The maximum absolute atomic E-state index is 12.6. The van der Waals surface area contributed by atoms with E-state index in [-0.39, 0.29) is 18.0 Å². The highest BCUT2D eigenvalue weighted by atomic mass is 79.9. The number of benzene rings is 1. The number of nitrogens with zero attached hydrogens (tertiary/aromatic N) is 3. The van der Waals surface area contributed by atoms with Crippen LogP contribution in [0.2, 0.25) is 0 Å². The summed E-state index contributed by atoms with van der Waals surface area (Å²) in [5.74, 6) is 0.861. The number of nitrogens with one attached hydrogen (secondary N) is 1. The molecule has 6 nitrogen and oxygen atoms in total. The third-order valence-corrected chi connectivity index (χ3v) is 7.74. The lowest BCUT2D eigenvalue weighted by Crippen LogP contribution is -2.56. The normalized spacial score (nSPS) is 28.0. The third-order valence-electron chi connectivity index (χ3n) is 7.05. The Labute approximate surface area is 181 Å². The number of halogens is 1. The monoisotopic (exact) mass is 462 g/mol. The van der Waals surface area contributed by atoms with E-state index in [1.165, 1.54) is 11.1 Å². The van der Waals surface area contributed by atoms with Crippen molar-refractivity contribution in [1.82, 2.24) is 15.1 Å². The van der Waals surface area contributed by atoms with Crippen molar-refractivity contribution in [1.29, 1.82) is 0 Å². The van der Waals surface area contributed by atoms with Gasteiger partial charge < -0.3 is 20.0 Å². The molecule has 2 heterocycles. The van der Waals surface area contributed by atoms with Crippen LogP contribution in [0.5, 0.6) is 0 Å². The van der Waals surface area contributed by atoms with E-state index in [4.69, 9.17) is 0 Å². The van der Waals surface area contributed by atoms with E-state index < -0.39 is 0 Å². The Balaban J connectivity index is 1.65. The highest BCUT2D eigenvalue weighted by Gasteiger charge is 2.47. The summed E-state index contributed by atoms with van der Waals surface area (Å²) in [6.45, 7) is 8.77. The number of carbonyl (C=O) groups is 2. The zero-order chi connectivity index (χ0) is 20.9. The van der Waals surface area contributed by atoms with E-state index in [2.05, 4.69) is 45.3 Å². The van der Waals surface area contributed by atoms with Gasteiger partial charge in [-0.2, -0.15) is 0 Å². The van der Waals surface area contributed by atoms with E-state index in [9.17, 15) is 9.59 Å². The van der Waals surface area contributed by atoms with Crippen molar-refractivity contribution in [3.8, 4) is 0 Å². The topological polar surface area (TPSA) is 55.9 Å². The maximum Gasteiger partial charge on any atom is 0.317 e. The average Bonchev–Trinajstić information content (AvgIpc) is 3.05. The molecule has 1 N–H and O–H groups in total. The Morgan fingerprint density at radius 3 is 2.55 bits per heavy atom. The molecule has 0 unspecified atom stereocenters. The molecule has 3 amide bonds. The number of anilines is 1. The number of piperidine rings is 1. The highest BCUT2D eigenvalue weighted by Crippen LogP contribution is 2.53. The van der Waals surface area contributed by atoms with E-state index in [0.29, 0.717) is 17.9 Å². The molecule has 1 aromatic rings. The third kappa shape index (κ3) is 3.46. The smallest absolute Gasteiger partial charge is 0.317 e. The van der Waals surface area contributed by atoms with Gasteiger partial charge >= 0.3 is 6.03 Å². The van der Waals surface area contributed by atoms with Crippen LogP contribution in [0.1, 0.15) is 56.6 Å². The first-order valence-electron chi connectivity index (χ1n) is 10.7. The SMILES string of the molecule is CCN(CC)C(=O)N[C@H]1C[C@@H]2c3c(Br)ccc4c3[C@@H](C[C@H]2N(C)C1)CN4C(C)=O. The van der Waals surface area contributed by atoms with E-state index in [1.807, 2.05) is 23.6 Å². The molecule has 0 saturated carbocycles. The summed E-state index contributed by atoms with van der Waals surface area (Å²) in [4.78, 5) is 31.0. The van der Waals surface area contributed by atoms with E-state index in [0.717, 1.165) is 49.2 Å². The molecule has 7 heteroatoms. The number of fused-ring (bicyclic) bond motifs is 2. The van der Waals surface area contributed by atoms with Crippen molar-refractivity contribution >= 4 is 33.6 Å². The highest BCUT2D eigenvalue weighted by molar-refractivity contribution is 9.10. The molecule has 1 aliphatic carbocycles. The molecule has 1 saturated heterocycles. The first kappa shape index (κ1) is 20.7. The lowest BCUT2D eigenvalue weighted by molar-refractivity contribution is -0.116. The molecule has 2 aliphatic heterocycles. The van der Waals surface area contributed by atoms with Gasteiger partial charge in [-0.1, -0.05) is 15.9 Å². The minimum atomic E-state index is 0.0284. The molecule has 0 bridgehead atoms. The average molecular weight is 463 g/mol. The molecular weight excluding hydrogens is 432 g/mol. The Morgan fingerprint density at radius 1 is 1.17 bits per heavy atom. The largest absolute Gasteiger partial charge is 0.334 e. The van der Waals surface area contributed by atoms with Crippen molar-refractivity contribution in [3.05, 3.63) is 27.7 Å². The predicted octanol–water partition coefficient (Wildman–Crippen LogP) is 3.51. The molecule has 29 heavy (non-hydrogen) atoms. The molecule has 4 atom stereocenters. The molecule has 4 rings (SSSR count). The van der Waals surface area contributed by atoms with Crippen molar-refractivity contribution < 1.29 is 9.59 Å². The summed E-state index contributed by atoms with van der Waals surface area (Å²) in [7, 11) is 2.17. The van der Waals surface area contributed by atoms with Crippen molar-refractivity contribution in [2.45, 2.75) is 57.5 Å². The zero-order valence-corrected chi connectivity index (χ0v) is 19.3. The molecule has 0 aromatic heterocycles. The van der Waals surface area contributed by atoms with Crippen LogP contribution in [0.25, 0.3) is 0 Å². The van der Waals surface area contributed by atoms with Gasteiger partial charge in [-0.05, 0) is 57.0 Å². The predicted molar refractivity (Wildman–Crippen MR) is 119 cm³/mol. The second-order valence-corrected chi connectivity index (χ2v) is 9.48. The fourth-order valence-electron chi connectivity index (χ4n) is 5.70. The van der Waals surface area contributed by atoms with Crippen LogP contribution < -0.4 is 10.2 Å². The van der Waals surface area contributed by atoms with Crippen LogP contribution >= 0.6 is 15.9 Å². The number of amides is 3. The number of likely N-dealkylation sites (N-methyl/N-ethyl adjacent to an activating group) is 1. The Bertz CT molecular complexity index is 825. The number of rotatable bonds is 3. The minimum Gasteiger partial charge on any atom is -0.334 e. The lowest BCUT2D eigenvalue weighted by atomic mass is 9.70. The summed E-state index contributed by atoms with van der Waals surface area (Å²) in [6, 6.07) is 4.76. The number of carbonyl (C=O) groups excluding carboxylic acids is 2. The van der Waals surface area contributed by atoms with Gasteiger partial charge in [0.05, 0.1) is 0 Å². The van der Waals surface area contributed by atoms with Crippen LogP contribution in [0.4, 0.5) is 10.5 Å². The van der Waals surface area contributed by atoms with Gasteiger partial charge in [0.2, 0.25) is 5.91 Å². The van der Waals surface area contributed by atoms with Gasteiger partial charge in [0, 0.05) is 67.2 Å². The summed E-state index contributed by atoms with van der Waals surface area (Å²) in [5.41, 5.74) is 3.78. The van der Waals surface area contributed by atoms with Crippen LogP contribution in [0.15, 0.2) is 16.6 Å². The Kier molecular flexibility index (Phi) is 5.64. The van der Waals surface area contributed by atoms with Crippen LogP contribution in [-0.4, -0.2) is 67.0 Å². The second-order valence-electron chi connectivity index (χ2n) is 8.62. The van der Waals surface area contributed by atoms with Crippen LogP contribution in [-0.2, 0) is 4.79 Å². The van der Waals surface area contributed by atoms with Crippen molar-refractivity contribution in [3.63, 3.8) is 0 Å². The minimum absolute atomic E-state index is 0.0284. The molecule has 0 spiro atoms. The zero-order valence-electron chi connectivity index (χ0n) is 17.7. The number of hydrogen-bond acceptors (Lipinski definition) is 3. The van der Waals surface area contributed by atoms with Gasteiger partial charge in [0.1, 0.15) is 0 Å². The molecule has 3 aliphatic rings. The molecule has 1 aromatic carbocycles. The van der Waals surface area contributed by atoms with Gasteiger partial charge in [0.15, 0.2) is 0 Å². The summed E-state index contributed by atoms with van der Waals surface area (Å²) in [6.07, 6.45) is 2.00. The van der Waals surface area contributed by atoms with Crippen molar-refractivity contribution in [2.24, 2.45) is 0 Å². The van der Waals surface area contributed by atoms with E-state index >= 15 is 0 Å². The quantitative estimate of drug-likeness (QED) is 0.747. The van der Waals surface area contributed by atoms with E-state index in [1.54, 1.807) is 6.92 Å². The molecule has 1 fully saturated rings. The maximum atomic E-state index is 12.6. The van der Waals surface area contributed by atoms with Crippen molar-refractivity contribution in [2.75, 3.05) is 38.1 Å². The molecular formula is C22H31BrN4O2. The fourth-order valence-corrected chi connectivity index (χ4v) is 6.34. The number of likely N-dealkylation sites (tertiary alicyclic amines) is 1. The van der Waals surface area contributed by atoms with Gasteiger partial charge in [-0.15, -0.1) is 0 Å². The first-order chi connectivity index (χ1) is 13.8. The summed E-state index contributed by atoms with van der Waals surface area (Å²) < 4.78 is 1.13. The Morgan fingerprint density at radius 2 is 1.90 bits per heavy atom. The molecule has 0 radical (unpaired) electrons. The van der Waals surface area contributed by atoms with Gasteiger partial charge in [-0.3, -0.25) is 4.79 Å². The fraction of sp³-hybridized carbons (Fsp3) is 0.636. The summed E-state index contributed by atoms with van der Waals surface area (Å²) >= 11 is 3.81. The number of urea groups is 1. The first-order valence-corrected chi connectivity index (χ1v) is 11.5. The standard InChI is InChI=1S/C22H31BrN4O2/c1-5-26(6-2)22(29)24-15-10-16-19(25(4)12-15)9-14-11-27(13(3)28)18-8-7-17(23)21(16)20(14)18/h7-8,14-16,19H,5-6,9-12H2,1-4H3,(H,24,29)/t14-,15-,16-,19+/m0/s1. The second kappa shape index (κ2) is 7.91. The van der Waals surface area contributed by atoms with Gasteiger partial charge in [-0.25, -0.2) is 4.79 Å². The molecule has 158 valence electrons. The van der Waals surface area contributed by atoms with Gasteiger partial charge in [0.25, 0.3) is 0 Å².